The lowest BCUT2D eigenvalue weighted by Gasteiger charge is -2.39. The summed E-state index contributed by atoms with van der Waals surface area (Å²) in [7, 11) is 0. The quantitative estimate of drug-likeness (QED) is 0.845. The van der Waals surface area contributed by atoms with Crippen LogP contribution in [-0.2, 0) is 5.41 Å². The Balaban J connectivity index is 1.34. The number of ether oxygens (including phenoxy) is 1. The number of nitrogens with one attached hydrogen (secondary N) is 1. The maximum Gasteiger partial charge on any atom is 0.181 e. The number of fused-ring (bicyclic) bond motifs is 1. The number of hydrogen-bond donors (Lipinski definition) is 1. The molecule has 1 fully saturated rings. The van der Waals surface area contributed by atoms with E-state index < -0.39 is 0 Å². The molecule has 1 aliphatic carbocycles. The smallest absolute Gasteiger partial charge is 0.181 e. The number of H-pyrrole nitrogens is 1. The number of tetrazole rings is 1. The highest BCUT2D eigenvalue weighted by Gasteiger charge is 2.31. The molecule has 1 aromatic carbocycles. The topological polar surface area (TPSA) is 82.5 Å². The van der Waals surface area contributed by atoms with E-state index in [1.807, 2.05) is 12.1 Å². The van der Waals surface area contributed by atoms with Gasteiger partial charge in [-0.3, -0.25) is 4.90 Å². The van der Waals surface area contributed by atoms with Crippen LogP contribution in [0.5, 0.6) is 5.75 Å². The lowest BCUT2D eigenvalue weighted by Crippen LogP contribution is -2.51. The zero-order valence-electron chi connectivity index (χ0n) is 17.5. The van der Waals surface area contributed by atoms with Gasteiger partial charge in [0.1, 0.15) is 23.0 Å². The number of aromatic amines is 1. The first-order chi connectivity index (χ1) is 14.6. The highest BCUT2D eigenvalue weighted by molar-refractivity contribution is 6.02. The van der Waals surface area contributed by atoms with Gasteiger partial charge in [-0.15, -0.1) is 10.2 Å². The summed E-state index contributed by atoms with van der Waals surface area (Å²) < 4.78 is 6.26. The number of aliphatic imine (C=N–C) groups is 1. The van der Waals surface area contributed by atoms with Crippen LogP contribution in [0.2, 0.25) is 0 Å². The average molecular weight is 406 g/mol. The van der Waals surface area contributed by atoms with Crippen LogP contribution in [0.3, 0.4) is 0 Å². The van der Waals surface area contributed by atoms with E-state index in [0.29, 0.717) is 0 Å². The summed E-state index contributed by atoms with van der Waals surface area (Å²) in [4.78, 5) is 9.92. The van der Waals surface area contributed by atoms with Gasteiger partial charge >= 0.3 is 0 Å². The normalized spacial score (nSPS) is 19.7. The first-order valence-corrected chi connectivity index (χ1v) is 10.6. The Kier molecular flexibility index (Phi) is 4.86. The summed E-state index contributed by atoms with van der Waals surface area (Å²) in [6.07, 6.45) is 6.17. The van der Waals surface area contributed by atoms with Crippen molar-refractivity contribution in [3.8, 4) is 5.75 Å². The molecule has 1 N–H and O–H groups in total. The average Bonchev–Trinajstić information content (AvgIpc) is 3.25. The summed E-state index contributed by atoms with van der Waals surface area (Å²) in [6.45, 7) is 8.98. The second-order valence-corrected chi connectivity index (χ2v) is 8.67. The molecule has 0 bridgehead atoms. The Hall–Kier alpha value is -3.00. The fourth-order valence-electron chi connectivity index (χ4n) is 4.32. The predicted octanol–water partition coefficient (Wildman–Crippen LogP) is 2.50. The van der Waals surface area contributed by atoms with E-state index in [0.717, 1.165) is 80.0 Å². The molecule has 2 aromatic rings. The van der Waals surface area contributed by atoms with Crippen molar-refractivity contribution in [3.63, 3.8) is 0 Å². The third-order valence-electron chi connectivity index (χ3n) is 5.93. The molecule has 30 heavy (non-hydrogen) atoms. The van der Waals surface area contributed by atoms with Gasteiger partial charge in [-0.2, -0.15) is 5.21 Å². The van der Waals surface area contributed by atoms with E-state index in [-0.39, 0.29) is 5.41 Å². The van der Waals surface area contributed by atoms with Gasteiger partial charge in [0.25, 0.3) is 0 Å². The van der Waals surface area contributed by atoms with Crippen LogP contribution in [0.4, 0.5) is 0 Å². The fraction of sp³-hybridized carbons (Fsp3) is 0.455. The second kappa shape index (κ2) is 7.68. The number of rotatable bonds is 3. The number of para-hydroxylation sites is 1. The Morgan fingerprint density at radius 2 is 1.97 bits per heavy atom. The van der Waals surface area contributed by atoms with Gasteiger partial charge in [0, 0.05) is 44.6 Å². The van der Waals surface area contributed by atoms with E-state index in [1.165, 1.54) is 0 Å². The van der Waals surface area contributed by atoms with E-state index >= 15 is 0 Å². The third kappa shape index (κ3) is 3.63. The molecule has 3 heterocycles. The maximum absolute atomic E-state index is 6.26. The maximum atomic E-state index is 6.26. The summed E-state index contributed by atoms with van der Waals surface area (Å²) in [6, 6.07) is 8.24. The number of nitrogens with zero attached hydrogens (tertiary/aromatic N) is 6. The van der Waals surface area contributed by atoms with Crippen LogP contribution in [-0.4, -0.2) is 69.0 Å². The fourth-order valence-corrected chi connectivity index (χ4v) is 4.32. The first kappa shape index (κ1) is 19.0. The Morgan fingerprint density at radius 1 is 1.13 bits per heavy atom. The number of benzene rings is 1. The molecule has 8 nitrogen and oxygen atoms in total. The van der Waals surface area contributed by atoms with Crippen LogP contribution >= 0.6 is 0 Å². The zero-order chi connectivity index (χ0) is 20.6. The van der Waals surface area contributed by atoms with Gasteiger partial charge in [-0.05, 0) is 24.6 Å². The van der Waals surface area contributed by atoms with Crippen molar-refractivity contribution < 1.29 is 4.74 Å². The van der Waals surface area contributed by atoms with Crippen molar-refractivity contribution in [2.24, 2.45) is 4.99 Å². The van der Waals surface area contributed by atoms with Crippen molar-refractivity contribution >= 4 is 5.84 Å². The molecule has 5 rings (SSSR count). The highest BCUT2D eigenvalue weighted by atomic mass is 16.5. The van der Waals surface area contributed by atoms with Crippen molar-refractivity contribution in [1.82, 2.24) is 30.4 Å². The van der Waals surface area contributed by atoms with Crippen molar-refractivity contribution in [3.05, 3.63) is 59.3 Å². The van der Waals surface area contributed by atoms with Crippen molar-refractivity contribution in [1.29, 1.82) is 0 Å². The number of amidine groups is 1. The monoisotopic (exact) mass is 405 g/mol. The molecule has 0 amide bonds. The van der Waals surface area contributed by atoms with Crippen molar-refractivity contribution in [2.45, 2.75) is 32.1 Å². The van der Waals surface area contributed by atoms with Gasteiger partial charge < -0.3 is 9.64 Å². The summed E-state index contributed by atoms with van der Waals surface area (Å²) in [5, 5.41) is 14.7. The number of allylic oxidation sites excluding steroid dienone is 3. The van der Waals surface area contributed by atoms with Gasteiger partial charge in [-0.1, -0.05) is 37.3 Å². The molecule has 2 aliphatic heterocycles. The molecule has 3 aliphatic rings. The molecule has 0 saturated carbocycles. The summed E-state index contributed by atoms with van der Waals surface area (Å²) >= 11 is 0. The van der Waals surface area contributed by atoms with Crippen LogP contribution in [0.25, 0.3) is 0 Å². The molecule has 1 saturated heterocycles. The Bertz CT molecular complexity index is 998. The minimum absolute atomic E-state index is 0.151. The van der Waals surface area contributed by atoms with Crippen LogP contribution in [0, 0.1) is 0 Å². The lowest BCUT2D eigenvalue weighted by molar-refractivity contribution is 0.153. The predicted molar refractivity (Wildman–Crippen MR) is 114 cm³/mol. The van der Waals surface area contributed by atoms with Crippen LogP contribution < -0.4 is 4.74 Å². The molecule has 1 aromatic heterocycles. The van der Waals surface area contributed by atoms with Gasteiger partial charge in [0.2, 0.25) is 0 Å². The SMILES string of the molecule is CC(C)(CN1CCN(C2=NC3=C(CCC=C3)Oc3ccccc32)CC1)c1nn[nH]n1. The molecule has 8 heteroatoms. The largest absolute Gasteiger partial charge is 0.459 e. The Morgan fingerprint density at radius 3 is 2.77 bits per heavy atom. The van der Waals surface area contributed by atoms with Crippen LogP contribution in [0.15, 0.2) is 52.9 Å². The van der Waals surface area contributed by atoms with Crippen LogP contribution in [0.1, 0.15) is 38.1 Å². The van der Waals surface area contributed by atoms with E-state index in [9.17, 15) is 0 Å². The molecule has 156 valence electrons. The van der Waals surface area contributed by atoms with E-state index in [2.05, 4.69) is 68.6 Å². The standard InChI is InChI=1S/C22H27N7O/c1-22(2,21-24-26-27-25-21)15-28-11-13-29(14-12-28)20-16-7-3-5-9-18(16)30-19-10-6-4-8-17(19)23-20/h3-5,7-9H,6,10-15H2,1-2H3,(H,24,25,26,27). The minimum Gasteiger partial charge on any atom is -0.459 e. The minimum atomic E-state index is -0.151. The molecule has 0 radical (unpaired) electrons. The van der Waals surface area contributed by atoms with E-state index in [4.69, 9.17) is 9.73 Å². The molecule has 0 spiro atoms. The Labute approximate surface area is 176 Å². The third-order valence-corrected chi connectivity index (χ3v) is 5.93. The molecular weight excluding hydrogens is 378 g/mol. The lowest BCUT2D eigenvalue weighted by atomic mass is 9.91. The summed E-state index contributed by atoms with van der Waals surface area (Å²) in [5.41, 5.74) is 1.87. The second-order valence-electron chi connectivity index (χ2n) is 8.67. The first-order valence-electron chi connectivity index (χ1n) is 10.6. The number of piperazine rings is 1. The van der Waals surface area contributed by atoms with Crippen molar-refractivity contribution in [2.75, 3.05) is 32.7 Å². The van der Waals surface area contributed by atoms with Gasteiger partial charge in [0.15, 0.2) is 5.82 Å². The van der Waals surface area contributed by atoms with E-state index in [1.54, 1.807) is 0 Å². The molecule has 0 atom stereocenters. The number of aromatic nitrogens is 4. The van der Waals surface area contributed by atoms with Gasteiger partial charge in [-0.25, -0.2) is 4.99 Å². The molecular formula is C22H27N7O. The number of hydrogen-bond acceptors (Lipinski definition) is 7. The highest BCUT2D eigenvalue weighted by Crippen LogP contribution is 2.32. The molecule has 0 unspecified atom stereocenters. The zero-order valence-corrected chi connectivity index (χ0v) is 17.5. The van der Waals surface area contributed by atoms with Gasteiger partial charge in [0.05, 0.1) is 5.56 Å². The summed E-state index contributed by atoms with van der Waals surface area (Å²) in [5.74, 6) is 3.64.